The molecule has 0 saturated heterocycles. The van der Waals surface area contributed by atoms with Crippen LogP contribution < -0.4 is 19.5 Å². The highest BCUT2D eigenvalue weighted by Crippen LogP contribution is 2.27. The summed E-state index contributed by atoms with van der Waals surface area (Å²) in [6, 6.07) is 9.85. The van der Waals surface area contributed by atoms with Crippen molar-refractivity contribution in [2.24, 2.45) is 0 Å². The van der Waals surface area contributed by atoms with Crippen LogP contribution in [0.15, 0.2) is 30.3 Å². The van der Waals surface area contributed by atoms with E-state index < -0.39 is 0 Å². The SMILES string of the molecule is COc1ccc(CCNC(=O)COc2c(C)cc(C)cc2C)cc1OC. The first-order valence-corrected chi connectivity index (χ1v) is 8.63. The number of carbonyl (C=O) groups is 1. The van der Waals surface area contributed by atoms with Crippen molar-refractivity contribution in [3.05, 3.63) is 52.6 Å². The van der Waals surface area contributed by atoms with E-state index in [2.05, 4.69) is 17.4 Å². The Labute approximate surface area is 155 Å². The van der Waals surface area contributed by atoms with Crippen LogP contribution in [0.2, 0.25) is 0 Å². The van der Waals surface area contributed by atoms with Crippen molar-refractivity contribution < 1.29 is 19.0 Å². The average Bonchev–Trinajstić information content (AvgIpc) is 2.60. The fraction of sp³-hybridized carbons (Fsp3) is 0.381. The number of benzene rings is 2. The standard InChI is InChI=1S/C21H27NO4/c1-14-10-15(2)21(16(3)11-14)26-13-20(23)22-9-8-17-6-7-18(24-4)19(12-17)25-5/h6-7,10-12H,8-9,13H2,1-5H3,(H,22,23). The molecule has 0 saturated carbocycles. The quantitative estimate of drug-likeness (QED) is 0.787. The van der Waals surface area contributed by atoms with Crippen molar-refractivity contribution in [3.63, 3.8) is 0 Å². The van der Waals surface area contributed by atoms with E-state index in [1.54, 1.807) is 14.2 Å². The number of hydrogen-bond donors (Lipinski definition) is 1. The average molecular weight is 357 g/mol. The van der Waals surface area contributed by atoms with Gasteiger partial charge in [0.05, 0.1) is 14.2 Å². The van der Waals surface area contributed by atoms with Crippen LogP contribution in [0.3, 0.4) is 0 Å². The predicted molar refractivity (Wildman–Crippen MR) is 102 cm³/mol. The lowest BCUT2D eigenvalue weighted by molar-refractivity contribution is -0.123. The Morgan fingerprint density at radius 2 is 1.62 bits per heavy atom. The minimum Gasteiger partial charge on any atom is -0.493 e. The highest BCUT2D eigenvalue weighted by Gasteiger charge is 2.09. The first kappa shape index (κ1) is 19.6. The van der Waals surface area contributed by atoms with E-state index in [9.17, 15) is 4.79 Å². The minimum absolute atomic E-state index is 0.0106. The monoisotopic (exact) mass is 357 g/mol. The van der Waals surface area contributed by atoms with Crippen LogP contribution in [-0.4, -0.2) is 33.3 Å². The van der Waals surface area contributed by atoms with Crippen LogP contribution in [0.4, 0.5) is 0 Å². The largest absolute Gasteiger partial charge is 0.493 e. The minimum atomic E-state index is -0.134. The second-order valence-electron chi connectivity index (χ2n) is 6.31. The molecule has 5 nitrogen and oxygen atoms in total. The molecule has 0 aliphatic carbocycles. The van der Waals surface area contributed by atoms with Crippen molar-refractivity contribution in [2.45, 2.75) is 27.2 Å². The molecule has 1 amide bonds. The highest BCUT2D eigenvalue weighted by atomic mass is 16.5. The third-order valence-electron chi connectivity index (χ3n) is 4.14. The van der Waals surface area contributed by atoms with Gasteiger partial charge in [0.25, 0.3) is 5.91 Å². The maximum atomic E-state index is 12.0. The number of methoxy groups -OCH3 is 2. The first-order valence-electron chi connectivity index (χ1n) is 8.63. The predicted octanol–water partition coefficient (Wildman–Crippen LogP) is 3.37. The molecule has 0 unspecified atom stereocenters. The van der Waals surface area contributed by atoms with Crippen molar-refractivity contribution >= 4 is 5.91 Å². The van der Waals surface area contributed by atoms with Gasteiger partial charge in [0.15, 0.2) is 18.1 Å². The molecule has 2 aromatic rings. The Morgan fingerprint density at radius 1 is 0.962 bits per heavy atom. The van der Waals surface area contributed by atoms with E-state index in [0.29, 0.717) is 24.5 Å². The molecule has 0 heterocycles. The second-order valence-corrected chi connectivity index (χ2v) is 6.31. The Balaban J connectivity index is 1.83. The number of hydrogen-bond acceptors (Lipinski definition) is 4. The van der Waals surface area contributed by atoms with Gasteiger partial charge in [0.1, 0.15) is 5.75 Å². The summed E-state index contributed by atoms with van der Waals surface area (Å²) in [5.74, 6) is 2.03. The van der Waals surface area contributed by atoms with Gasteiger partial charge in [0.2, 0.25) is 0 Å². The zero-order chi connectivity index (χ0) is 19.1. The third-order valence-corrected chi connectivity index (χ3v) is 4.14. The number of carbonyl (C=O) groups excluding carboxylic acids is 1. The summed E-state index contributed by atoms with van der Waals surface area (Å²) < 4.78 is 16.2. The summed E-state index contributed by atoms with van der Waals surface area (Å²) in [6.45, 7) is 6.57. The lowest BCUT2D eigenvalue weighted by Gasteiger charge is -2.13. The smallest absolute Gasteiger partial charge is 0.257 e. The van der Waals surface area contributed by atoms with Gasteiger partial charge in [-0.1, -0.05) is 23.8 Å². The molecule has 0 radical (unpaired) electrons. The van der Waals surface area contributed by atoms with Crippen LogP contribution in [0.25, 0.3) is 0 Å². The van der Waals surface area contributed by atoms with E-state index >= 15 is 0 Å². The van der Waals surface area contributed by atoms with Gasteiger partial charge in [0, 0.05) is 6.54 Å². The van der Waals surface area contributed by atoms with Gasteiger partial charge in [-0.25, -0.2) is 0 Å². The normalized spacial score (nSPS) is 10.3. The second kappa shape index (κ2) is 9.13. The lowest BCUT2D eigenvalue weighted by Crippen LogP contribution is -2.30. The molecule has 5 heteroatoms. The van der Waals surface area contributed by atoms with E-state index in [1.807, 2.05) is 39.0 Å². The first-order chi connectivity index (χ1) is 12.4. The van der Waals surface area contributed by atoms with Crippen LogP contribution in [0.1, 0.15) is 22.3 Å². The number of amides is 1. The molecule has 2 rings (SSSR count). The summed E-state index contributed by atoms with van der Waals surface area (Å²) in [4.78, 5) is 12.0. The number of nitrogens with one attached hydrogen (secondary N) is 1. The lowest BCUT2D eigenvalue weighted by atomic mass is 10.1. The Bertz CT molecular complexity index is 748. The number of aryl methyl sites for hydroxylation is 3. The molecule has 0 atom stereocenters. The number of rotatable bonds is 8. The summed E-state index contributed by atoms with van der Waals surface area (Å²) >= 11 is 0. The fourth-order valence-corrected chi connectivity index (χ4v) is 2.97. The van der Waals surface area contributed by atoms with Crippen LogP contribution >= 0.6 is 0 Å². The van der Waals surface area contributed by atoms with Crippen molar-refractivity contribution in [1.29, 1.82) is 0 Å². The Kier molecular flexibility index (Phi) is 6.89. The molecule has 0 aliphatic rings. The third kappa shape index (κ3) is 5.15. The zero-order valence-corrected chi connectivity index (χ0v) is 16.1. The molecular formula is C21H27NO4. The van der Waals surface area contributed by atoms with E-state index in [-0.39, 0.29) is 12.5 Å². The topological polar surface area (TPSA) is 56.8 Å². The fourth-order valence-electron chi connectivity index (χ4n) is 2.97. The molecule has 26 heavy (non-hydrogen) atoms. The van der Waals surface area contributed by atoms with Crippen molar-refractivity contribution in [3.8, 4) is 17.2 Å². The van der Waals surface area contributed by atoms with Gasteiger partial charge in [-0.2, -0.15) is 0 Å². The summed E-state index contributed by atoms with van der Waals surface area (Å²) in [5, 5.41) is 2.88. The summed E-state index contributed by atoms with van der Waals surface area (Å²) in [7, 11) is 3.21. The summed E-state index contributed by atoms with van der Waals surface area (Å²) in [6.07, 6.45) is 0.703. The molecule has 0 fully saturated rings. The van der Waals surface area contributed by atoms with Crippen LogP contribution in [0, 0.1) is 20.8 Å². The van der Waals surface area contributed by atoms with E-state index in [1.165, 1.54) is 5.56 Å². The molecule has 140 valence electrons. The molecule has 0 spiro atoms. The Morgan fingerprint density at radius 3 is 2.23 bits per heavy atom. The van der Waals surface area contributed by atoms with Crippen molar-refractivity contribution in [2.75, 3.05) is 27.4 Å². The maximum absolute atomic E-state index is 12.0. The highest BCUT2D eigenvalue weighted by molar-refractivity contribution is 5.77. The molecular weight excluding hydrogens is 330 g/mol. The molecule has 0 aliphatic heterocycles. The van der Waals surface area contributed by atoms with Crippen molar-refractivity contribution in [1.82, 2.24) is 5.32 Å². The molecule has 0 bridgehead atoms. The zero-order valence-electron chi connectivity index (χ0n) is 16.1. The van der Waals surface area contributed by atoms with E-state index in [4.69, 9.17) is 14.2 Å². The van der Waals surface area contributed by atoms with Gasteiger partial charge in [-0.15, -0.1) is 0 Å². The maximum Gasteiger partial charge on any atom is 0.257 e. The molecule has 0 aromatic heterocycles. The van der Waals surface area contributed by atoms with Gasteiger partial charge >= 0.3 is 0 Å². The van der Waals surface area contributed by atoms with E-state index in [0.717, 1.165) is 22.4 Å². The Hall–Kier alpha value is -2.69. The number of ether oxygens (including phenoxy) is 3. The summed E-state index contributed by atoms with van der Waals surface area (Å²) in [5.41, 5.74) is 4.34. The van der Waals surface area contributed by atoms with Gasteiger partial charge in [-0.05, 0) is 56.0 Å². The molecule has 1 N–H and O–H groups in total. The van der Waals surface area contributed by atoms with Crippen LogP contribution in [-0.2, 0) is 11.2 Å². The van der Waals surface area contributed by atoms with Gasteiger partial charge < -0.3 is 19.5 Å². The molecule has 2 aromatic carbocycles. The van der Waals surface area contributed by atoms with Gasteiger partial charge in [-0.3, -0.25) is 4.79 Å². The van der Waals surface area contributed by atoms with Crippen LogP contribution in [0.5, 0.6) is 17.2 Å².